The molecule has 0 fully saturated rings. The maximum absolute atomic E-state index is 10.9. The van der Waals surface area contributed by atoms with Crippen molar-refractivity contribution >= 4 is 20.2 Å². The molecular formula is C38H76Na2O14S2. The largest absolute Gasteiger partial charge is 1.00 e. The maximum atomic E-state index is 10.9. The van der Waals surface area contributed by atoms with Gasteiger partial charge in [0.25, 0.3) is 0 Å². The van der Waals surface area contributed by atoms with Crippen molar-refractivity contribution in [1.82, 2.24) is 0 Å². The van der Waals surface area contributed by atoms with Crippen LogP contribution in [0.15, 0.2) is 0 Å². The third-order valence-electron chi connectivity index (χ3n) is 8.40. The summed E-state index contributed by atoms with van der Waals surface area (Å²) in [7, 11) is -8.56. The fraction of sp³-hybridized carbons (Fsp3) is 1.00. The van der Waals surface area contributed by atoms with Gasteiger partial charge >= 0.3 is 59.1 Å². The van der Waals surface area contributed by atoms with Crippen molar-refractivity contribution in [3.63, 3.8) is 0 Å². The first kappa shape index (κ1) is 61.8. The Hall–Kier alpha value is 1.50. The molecule has 0 aliphatic heterocycles. The van der Waals surface area contributed by atoms with Crippen molar-refractivity contribution in [2.45, 2.75) is 142 Å². The van der Waals surface area contributed by atoms with E-state index in [0.29, 0.717) is 66.1 Å². The van der Waals surface area contributed by atoms with Crippen LogP contribution in [0.4, 0.5) is 0 Å². The van der Waals surface area contributed by atoms with E-state index in [2.05, 4.69) is 13.8 Å². The molecule has 0 aromatic rings. The molecule has 0 spiro atoms. The smallest absolute Gasteiger partial charge is 0.748 e. The minimum absolute atomic E-state index is 0. The first-order valence-corrected chi connectivity index (χ1v) is 23.8. The van der Waals surface area contributed by atoms with Crippen LogP contribution in [-0.4, -0.2) is 142 Å². The summed E-state index contributed by atoms with van der Waals surface area (Å²) in [4.78, 5) is 0. The second kappa shape index (κ2) is 46.0. The molecule has 0 radical (unpaired) electrons. The van der Waals surface area contributed by atoms with Gasteiger partial charge in [-0.1, -0.05) is 104 Å². The average molecular weight is 867 g/mol. The van der Waals surface area contributed by atoms with Crippen LogP contribution in [0.3, 0.4) is 0 Å². The van der Waals surface area contributed by atoms with E-state index in [0.717, 1.165) is 25.7 Å². The summed E-state index contributed by atoms with van der Waals surface area (Å²) in [5, 5.41) is 0. The monoisotopic (exact) mass is 866 g/mol. The third-order valence-corrected chi connectivity index (χ3v) is 9.98. The second-order valence-electron chi connectivity index (χ2n) is 13.7. The molecule has 14 nitrogen and oxygen atoms in total. The quantitative estimate of drug-likeness (QED) is 0.0453. The zero-order valence-electron chi connectivity index (χ0n) is 35.7. The molecule has 0 aliphatic rings. The third kappa shape index (κ3) is 51.6. The summed E-state index contributed by atoms with van der Waals surface area (Å²) in [5.41, 5.74) is 0. The van der Waals surface area contributed by atoms with Crippen molar-refractivity contribution in [3.05, 3.63) is 0 Å². The number of hydrogen-bond donors (Lipinski definition) is 0. The van der Waals surface area contributed by atoms with Crippen molar-refractivity contribution in [3.8, 4) is 0 Å². The Bertz CT molecular complexity index is 919. The summed E-state index contributed by atoms with van der Waals surface area (Å²) in [6.45, 7) is 9.20. The van der Waals surface area contributed by atoms with Gasteiger partial charge in [0.15, 0.2) is 0 Å². The van der Waals surface area contributed by atoms with Crippen LogP contribution < -0.4 is 59.1 Å². The zero-order valence-corrected chi connectivity index (χ0v) is 41.4. The van der Waals surface area contributed by atoms with Crippen LogP contribution in [0.1, 0.15) is 129 Å². The molecule has 18 heteroatoms. The minimum Gasteiger partial charge on any atom is -0.748 e. The molecule has 0 bridgehead atoms. The molecule has 0 amide bonds. The topological polar surface area (TPSA) is 188 Å². The van der Waals surface area contributed by atoms with Gasteiger partial charge in [0.1, 0.15) is 12.2 Å². The predicted octanol–water partition coefficient (Wildman–Crippen LogP) is 0.0164. The van der Waals surface area contributed by atoms with Gasteiger partial charge in [0.2, 0.25) is 0 Å². The molecule has 0 aromatic heterocycles. The summed E-state index contributed by atoms with van der Waals surface area (Å²) in [6.07, 6.45) is 18.8. The SMILES string of the molecule is CCCCCCCCCCOCC(COCCOCCOCCOCC(COCCCCCCCCCC)OCCCS(=O)(=O)[O-])OCCCS(=O)(=O)[O-].[Na+].[Na+]. The number of hydrogen-bond acceptors (Lipinski definition) is 14. The van der Waals surface area contributed by atoms with E-state index in [-0.39, 0.29) is 111 Å². The van der Waals surface area contributed by atoms with E-state index in [1.165, 1.54) is 77.0 Å². The van der Waals surface area contributed by atoms with Gasteiger partial charge in [-0.25, -0.2) is 16.8 Å². The molecule has 56 heavy (non-hydrogen) atoms. The molecule has 0 saturated heterocycles. The predicted molar refractivity (Wildman–Crippen MR) is 208 cm³/mol. The Balaban J connectivity index is -0.0000140. The fourth-order valence-electron chi connectivity index (χ4n) is 5.35. The van der Waals surface area contributed by atoms with E-state index in [4.69, 9.17) is 37.9 Å². The van der Waals surface area contributed by atoms with E-state index in [9.17, 15) is 25.9 Å². The number of ether oxygens (including phenoxy) is 8. The Labute approximate surface area is 385 Å². The standard InChI is InChI=1S/C38H78O14S2.2Na/c1-3-5-7-9-11-13-15-17-21-47-33-37(51-23-19-31-53(39,40)41)35-49-29-27-45-25-26-46-28-30-50-36-38(52-24-20-32-54(42,43)44)34-48-22-18-16-14-12-10-8-6-4-2;;/h37-38H,3-36H2,1-2H3,(H,39,40,41)(H,42,43,44);;/q;2*+1/p-2. The summed E-state index contributed by atoms with van der Waals surface area (Å²) in [5.74, 6) is -0.934. The van der Waals surface area contributed by atoms with Gasteiger partial charge in [-0.2, -0.15) is 0 Å². The molecule has 0 heterocycles. The van der Waals surface area contributed by atoms with E-state index >= 15 is 0 Å². The summed E-state index contributed by atoms with van der Waals surface area (Å²) in [6, 6.07) is 0. The molecule has 0 aliphatic carbocycles. The normalized spacial score (nSPS) is 13.0. The van der Waals surface area contributed by atoms with Crippen molar-refractivity contribution < 1.29 is 123 Å². The maximum Gasteiger partial charge on any atom is 1.00 e. The van der Waals surface area contributed by atoms with E-state index < -0.39 is 31.7 Å². The van der Waals surface area contributed by atoms with Crippen LogP contribution in [-0.2, 0) is 58.1 Å². The van der Waals surface area contributed by atoms with Crippen molar-refractivity contribution in [2.75, 3.05) is 104 Å². The Morgan fingerprint density at radius 3 is 0.929 bits per heavy atom. The van der Waals surface area contributed by atoms with Gasteiger partial charge < -0.3 is 47.0 Å². The summed E-state index contributed by atoms with van der Waals surface area (Å²) >= 11 is 0. The molecule has 0 saturated carbocycles. The molecule has 0 aromatic carbocycles. The molecular weight excluding hydrogens is 791 g/mol. The second-order valence-corrected chi connectivity index (χ2v) is 16.7. The summed E-state index contributed by atoms with van der Waals surface area (Å²) < 4.78 is 111. The molecule has 2 unspecified atom stereocenters. The number of unbranched alkanes of at least 4 members (excludes halogenated alkanes) is 14. The van der Waals surface area contributed by atoms with Crippen LogP contribution in [0.2, 0.25) is 0 Å². The first-order chi connectivity index (χ1) is 26.1. The van der Waals surface area contributed by atoms with Crippen LogP contribution in [0.5, 0.6) is 0 Å². The van der Waals surface area contributed by atoms with E-state index in [1.807, 2.05) is 0 Å². The molecule has 2 atom stereocenters. The van der Waals surface area contributed by atoms with Gasteiger partial charge in [-0.15, -0.1) is 0 Å². The Morgan fingerprint density at radius 1 is 0.357 bits per heavy atom. The van der Waals surface area contributed by atoms with Crippen molar-refractivity contribution in [2.24, 2.45) is 0 Å². The van der Waals surface area contributed by atoms with Crippen LogP contribution in [0.25, 0.3) is 0 Å². The molecule has 0 N–H and O–H groups in total. The number of rotatable bonds is 45. The van der Waals surface area contributed by atoms with Crippen molar-refractivity contribution in [1.29, 1.82) is 0 Å². The Kier molecular flexibility index (Phi) is 50.8. The molecule has 0 rings (SSSR count). The Morgan fingerprint density at radius 2 is 0.625 bits per heavy atom. The van der Waals surface area contributed by atoms with E-state index in [1.54, 1.807) is 0 Å². The fourth-order valence-corrected chi connectivity index (χ4v) is 6.30. The van der Waals surface area contributed by atoms with Gasteiger partial charge in [-0.3, -0.25) is 0 Å². The van der Waals surface area contributed by atoms with Crippen LogP contribution in [0, 0.1) is 0 Å². The van der Waals surface area contributed by atoms with Gasteiger partial charge in [-0.05, 0) is 25.7 Å². The first-order valence-electron chi connectivity index (χ1n) is 20.6. The molecule has 326 valence electrons. The zero-order chi connectivity index (χ0) is 39.9. The van der Waals surface area contributed by atoms with Gasteiger partial charge in [0.05, 0.1) is 86.3 Å². The average Bonchev–Trinajstić information content (AvgIpc) is 3.12. The minimum atomic E-state index is -4.28. The van der Waals surface area contributed by atoms with Crippen LogP contribution >= 0.6 is 0 Å². The van der Waals surface area contributed by atoms with Gasteiger partial charge in [0, 0.05) is 37.9 Å².